The summed E-state index contributed by atoms with van der Waals surface area (Å²) in [4.78, 5) is 8.72. The summed E-state index contributed by atoms with van der Waals surface area (Å²) in [6.07, 6.45) is 0. The minimum atomic E-state index is 0.0740. The van der Waals surface area contributed by atoms with Crippen molar-refractivity contribution < 1.29 is 0 Å². The number of nitrogens with zero attached hydrogens (tertiary/aromatic N) is 2. The smallest absolute Gasteiger partial charge is 0.136 e. The molecule has 2 aromatic rings. The van der Waals surface area contributed by atoms with Gasteiger partial charge in [0.1, 0.15) is 17.5 Å². The summed E-state index contributed by atoms with van der Waals surface area (Å²) in [5, 5.41) is 6.47. The Morgan fingerprint density at radius 1 is 1.25 bits per heavy atom. The first-order valence-corrected chi connectivity index (χ1v) is 7.20. The average molecular weight is 336 g/mol. The van der Waals surface area contributed by atoms with Gasteiger partial charge in [0, 0.05) is 23.1 Å². The van der Waals surface area contributed by atoms with Gasteiger partial charge < -0.3 is 16.4 Å². The molecule has 20 heavy (non-hydrogen) atoms. The molecule has 0 aliphatic rings. The Kier molecular flexibility index (Phi) is 4.92. The number of halogens is 1. The zero-order chi connectivity index (χ0) is 14.5. The minimum Gasteiger partial charge on any atom is -0.368 e. The molecule has 0 radical (unpaired) electrons. The van der Waals surface area contributed by atoms with Crippen LogP contribution >= 0.6 is 15.9 Å². The first-order valence-electron chi connectivity index (χ1n) is 6.41. The van der Waals surface area contributed by atoms with Crippen molar-refractivity contribution in [3.05, 3.63) is 40.6 Å². The fourth-order valence-corrected chi connectivity index (χ4v) is 2.07. The molecule has 0 aliphatic heterocycles. The van der Waals surface area contributed by atoms with Gasteiger partial charge in [-0.3, -0.25) is 0 Å². The normalized spacial score (nSPS) is 12.0. The number of aryl methyl sites for hydroxylation is 1. The molecule has 0 saturated carbocycles. The Balaban J connectivity index is 2.17. The number of nitrogens with one attached hydrogen (secondary N) is 2. The first-order chi connectivity index (χ1) is 9.54. The predicted molar refractivity (Wildman–Crippen MR) is 86.3 cm³/mol. The van der Waals surface area contributed by atoms with Gasteiger partial charge in [0.2, 0.25) is 0 Å². The van der Waals surface area contributed by atoms with Gasteiger partial charge in [-0.1, -0.05) is 12.1 Å². The van der Waals surface area contributed by atoms with E-state index in [1.807, 2.05) is 44.2 Å². The zero-order valence-corrected chi connectivity index (χ0v) is 13.1. The van der Waals surface area contributed by atoms with Crippen LogP contribution in [0.3, 0.4) is 0 Å². The molecule has 1 atom stereocenters. The molecule has 2 rings (SSSR count). The molecule has 0 bridgehead atoms. The lowest BCUT2D eigenvalue weighted by molar-refractivity contribution is 0.776. The lowest BCUT2D eigenvalue weighted by atomic mass is 10.3. The third-order valence-electron chi connectivity index (χ3n) is 2.58. The van der Waals surface area contributed by atoms with E-state index in [9.17, 15) is 0 Å². The Morgan fingerprint density at radius 2 is 1.95 bits per heavy atom. The van der Waals surface area contributed by atoms with Crippen molar-refractivity contribution >= 4 is 33.3 Å². The van der Waals surface area contributed by atoms with Crippen LogP contribution in [-0.4, -0.2) is 22.6 Å². The number of anilines is 3. The van der Waals surface area contributed by atoms with Crippen LogP contribution < -0.4 is 16.4 Å². The lowest BCUT2D eigenvalue weighted by Crippen LogP contribution is -2.25. The highest BCUT2D eigenvalue weighted by Crippen LogP contribution is 2.25. The van der Waals surface area contributed by atoms with E-state index >= 15 is 0 Å². The maximum absolute atomic E-state index is 5.73. The fourth-order valence-electron chi connectivity index (χ4n) is 1.69. The van der Waals surface area contributed by atoms with Crippen LogP contribution in [0.5, 0.6) is 0 Å². The number of nitrogens with two attached hydrogens (primary N) is 1. The summed E-state index contributed by atoms with van der Waals surface area (Å²) in [7, 11) is 0. The number of hydrogen-bond acceptors (Lipinski definition) is 5. The Bertz CT molecular complexity index is 586. The lowest BCUT2D eigenvalue weighted by Gasteiger charge is -2.12. The monoisotopic (exact) mass is 335 g/mol. The summed E-state index contributed by atoms with van der Waals surface area (Å²) >= 11 is 3.50. The number of aromatic nitrogens is 2. The van der Waals surface area contributed by atoms with Gasteiger partial charge in [-0.15, -0.1) is 0 Å². The molecule has 0 fully saturated rings. The van der Waals surface area contributed by atoms with Gasteiger partial charge in [0.15, 0.2) is 0 Å². The molecule has 0 spiro atoms. The largest absolute Gasteiger partial charge is 0.368 e. The first kappa shape index (κ1) is 14.7. The molecule has 0 aliphatic carbocycles. The van der Waals surface area contributed by atoms with E-state index in [4.69, 9.17) is 5.73 Å². The fraction of sp³-hybridized carbons (Fsp3) is 0.286. The highest BCUT2D eigenvalue weighted by Gasteiger charge is 2.05. The summed E-state index contributed by atoms with van der Waals surface area (Å²) < 4.78 is 0.987. The quantitative estimate of drug-likeness (QED) is 0.782. The van der Waals surface area contributed by atoms with Crippen LogP contribution in [0.2, 0.25) is 0 Å². The van der Waals surface area contributed by atoms with E-state index in [1.165, 1.54) is 0 Å². The molecular weight excluding hydrogens is 318 g/mol. The van der Waals surface area contributed by atoms with Crippen LogP contribution in [0.4, 0.5) is 17.3 Å². The molecule has 1 aromatic carbocycles. The second-order valence-electron chi connectivity index (χ2n) is 4.65. The number of para-hydroxylation sites is 1. The standard InChI is InChI=1S/C14H18BrN5/c1-9(16)8-17-13-7-14(19-10(2)18-13)20-12-6-4-3-5-11(12)15/h3-7,9H,8,16H2,1-2H3,(H2,17,18,19,20). The minimum absolute atomic E-state index is 0.0740. The molecule has 4 N–H and O–H groups in total. The van der Waals surface area contributed by atoms with E-state index in [2.05, 4.69) is 36.5 Å². The topological polar surface area (TPSA) is 75.9 Å². The van der Waals surface area contributed by atoms with Crippen LogP contribution in [-0.2, 0) is 0 Å². The third-order valence-corrected chi connectivity index (χ3v) is 3.27. The van der Waals surface area contributed by atoms with Crippen molar-refractivity contribution in [2.24, 2.45) is 5.73 Å². The van der Waals surface area contributed by atoms with E-state index < -0.39 is 0 Å². The second-order valence-corrected chi connectivity index (χ2v) is 5.50. The predicted octanol–water partition coefficient (Wildman–Crippen LogP) is 3.05. The summed E-state index contributed by atoms with van der Waals surface area (Å²) in [6.45, 7) is 4.48. The molecule has 0 amide bonds. The maximum atomic E-state index is 5.73. The molecule has 5 nitrogen and oxygen atoms in total. The maximum Gasteiger partial charge on any atom is 0.136 e. The highest BCUT2D eigenvalue weighted by atomic mass is 79.9. The highest BCUT2D eigenvalue weighted by molar-refractivity contribution is 9.10. The van der Waals surface area contributed by atoms with Gasteiger partial charge in [-0.2, -0.15) is 0 Å². The number of hydrogen-bond donors (Lipinski definition) is 3. The van der Waals surface area contributed by atoms with Crippen LogP contribution in [0.25, 0.3) is 0 Å². The SMILES string of the molecule is Cc1nc(NCC(C)N)cc(Nc2ccccc2Br)n1. The molecule has 1 unspecified atom stereocenters. The van der Waals surface area contributed by atoms with Gasteiger partial charge in [-0.25, -0.2) is 9.97 Å². The molecule has 6 heteroatoms. The van der Waals surface area contributed by atoms with Gasteiger partial charge in [0.05, 0.1) is 5.69 Å². The molecule has 1 heterocycles. The molecule has 106 valence electrons. The average Bonchev–Trinajstić information content (AvgIpc) is 2.38. The van der Waals surface area contributed by atoms with Crippen molar-refractivity contribution in [3.63, 3.8) is 0 Å². The van der Waals surface area contributed by atoms with E-state index in [-0.39, 0.29) is 6.04 Å². The van der Waals surface area contributed by atoms with Crippen LogP contribution in [0.1, 0.15) is 12.7 Å². The molecule has 0 saturated heterocycles. The summed E-state index contributed by atoms with van der Waals surface area (Å²) in [6, 6.07) is 9.84. The van der Waals surface area contributed by atoms with Crippen LogP contribution in [0, 0.1) is 6.92 Å². The Morgan fingerprint density at radius 3 is 2.65 bits per heavy atom. The van der Waals surface area contributed by atoms with Crippen molar-refractivity contribution in [2.45, 2.75) is 19.9 Å². The summed E-state index contributed by atoms with van der Waals surface area (Å²) in [5.41, 5.74) is 6.69. The van der Waals surface area contributed by atoms with E-state index in [0.29, 0.717) is 12.4 Å². The van der Waals surface area contributed by atoms with Gasteiger partial charge in [-0.05, 0) is 41.9 Å². The molecule has 1 aromatic heterocycles. The van der Waals surface area contributed by atoms with Gasteiger partial charge >= 0.3 is 0 Å². The third kappa shape index (κ3) is 4.18. The Hall–Kier alpha value is -1.66. The van der Waals surface area contributed by atoms with E-state index in [1.54, 1.807) is 0 Å². The van der Waals surface area contributed by atoms with Crippen molar-refractivity contribution in [2.75, 3.05) is 17.2 Å². The van der Waals surface area contributed by atoms with Gasteiger partial charge in [0.25, 0.3) is 0 Å². The van der Waals surface area contributed by atoms with Crippen molar-refractivity contribution in [1.82, 2.24) is 9.97 Å². The number of rotatable bonds is 5. The molecular formula is C14H18BrN5. The van der Waals surface area contributed by atoms with E-state index in [0.717, 1.165) is 21.8 Å². The number of benzene rings is 1. The van der Waals surface area contributed by atoms with Crippen LogP contribution in [0.15, 0.2) is 34.8 Å². The zero-order valence-electron chi connectivity index (χ0n) is 11.5. The summed E-state index contributed by atoms with van der Waals surface area (Å²) in [5.74, 6) is 2.22. The second kappa shape index (κ2) is 6.67. The Labute approximate surface area is 127 Å². The van der Waals surface area contributed by atoms with Crippen molar-refractivity contribution in [3.8, 4) is 0 Å². The van der Waals surface area contributed by atoms with Crippen molar-refractivity contribution in [1.29, 1.82) is 0 Å².